The van der Waals surface area contributed by atoms with Crippen LogP contribution in [0.4, 0.5) is 5.69 Å². The quantitative estimate of drug-likeness (QED) is 0.768. The first-order valence-corrected chi connectivity index (χ1v) is 8.98. The number of aliphatic hydroxyl groups is 1. The highest BCUT2D eigenvalue weighted by Crippen LogP contribution is 2.35. The zero-order chi connectivity index (χ0) is 19.7. The van der Waals surface area contributed by atoms with Gasteiger partial charge in [-0.25, -0.2) is 4.90 Å². The third-order valence-electron chi connectivity index (χ3n) is 4.20. The molecule has 0 atom stereocenters. The van der Waals surface area contributed by atoms with Crippen LogP contribution in [0.25, 0.3) is 5.57 Å². The predicted octanol–water partition coefficient (Wildman–Crippen LogP) is 4.53. The first-order valence-electron chi connectivity index (χ1n) is 8.61. The van der Waals surface area contributed by atoms with E-state index in [4.69, 9.17) is 16.3 Å². The van der Waals surface area contributed by atoms with Crippen LogP contribution in [0, 0.1) is 12.8 Å². The van der Waals surface area contributed by atoms with Gasteiger partial charge in [-0.05, 0) is 48.2 Å². The zero-order valence-electron chi connectivity index (χ0n) is 15.3. The van der Waals surface area contributed by atoms with E-state index in [-0.39, 0.29) is 5.57 Å². The summed E-state index contributed by atoms with van der Waals surface area (Å²) in [6.07, 6.45) is 0. The van der Waals surface area contributed by atoms with Crippen molar-refractivity contribution in [3.8, 4) is 5.75 Å². The highest BCUT2D eigenvalue weighted by Gasteiger charge is 2.40. The van der Waals surface area contributed by atoms with Gasteiger partial charge in [-0.3, -0.25) is 9.59 Å². The fraction of sp³-hybridized carbons (Fsp3) is 0.238. The molecule has 0 unspecified atom stereocenters. The van der Waals surface area contributed by atoms with E-state index in [9.17, 15) is 14.7 Å². The minimum Gasteiger partial charge on any atom is -0.502 e. The Labute approximate surface area is 162 Å². The molecule has 2 aromatic carbocycles. The van der Waals surface area contributed by atoms with E-state index in [1.165, 1.54) is 6.07 Å². The van der Waals surface area contributed by atoms with Crippen molar-refractivity contribution in [2.75, 3.05) is 11.5 Å². The van der Waals surface area contributed by atoms with Crippen molar-refractivity contribution in [3.05, 3.63) is 64.4 Å². The molecule has 2 amide bonds. The molecule has 0 bridgehead atoms. The van der Waals surface area contributed by atoms with Gasteiger partial charge in [0.25, 0.3) is 5.91 Å². The van der Waals surface area contributed by atoms with E-state index in [0.29, 0.717) is 40.1 Å². The van der Waals surface area contributed by atoms with Crippen molar-refractivity contribution in [3.63, 3.8) is 0 Å². The molecular formula is C21H20ClNO4. The number of carbonyl (C=O) groups excluding carboxylic acids is 2. The van der Waals surface area contributed by atoms with Gasteiger partial charge in [0, 0.05) is 5.02 Å². The van der Waals surface area contributed by atoms with Crippen molar-refractivity contribution in [2.45, 2.75) is 20.8 Å². The number of benzene rings is 2. The van der Waals surface area contributed by atoms with Gasteiger partial charge >= 0.3 is 5.91 Å². The topological polar surface area (TPSA) is 66.8 Å². The molecule has 0 fully saturated rings. The summed E-state index contributed by atoms with van der Waals surface area (Å²) in [7, 11) is 0. The van der Waals surface area contributed by atoms with E-state index < -0.39 is 17.6 Å². The van der Waals surface area contributed by atoms with Crippen LogP contribution in [0.5, 0.6) is 5.75 Å². The number of rotatable bonds is 5. The molecule has 5 nitrogen and oxygen atoms in total. The zero-order valence-corrected chi connectivity index (χ0v) is 16.1. The number of anilines is 1. The fourth-order valence-corrected chi connectivity index (χ4v) is 2.97. The summed E-state index contributed by atoms with van der Waals surface area (Å²) in [5, 5.41) is 10.7. The molecule has 1 aliphatic rings. The maximum Gasteiger partial charge on any atom is 0.301 e. The summed E-state index contributed by atoms with van der Waals surface area (Å²) >= 11 is 6.01. The molecule has 2 aromatic rings. The number of aryl methyl sites for hydroxylation is 1. The lowest BCUT2D eigenvalue weighted by molar-refractivity contribution is -0.121. The summed E-state index contributed by atoms with van der Waals surface area (Å²) < 4.78 is 5.62. The Morgan fingerprint density at radius 1 is 1.07 bits per heavy atom. The van der Waals surface area contributed by atoms with Gasteiger partial charge in [-0.2, -0.15) is 0 Å². The molecule has 6 heteroatoms. The molecule has 0 aromatic heterocycles. The van der Waals surface area contributed by atoms with E-state index in [1.807, 2.05) is 13.8 Å². The molecule has 140 valence electrons. The highest BCUT2D eigenvalue weighted by molar-refractivity contribution is 6.45. The van der Waals surface area contributed by atoms with Crippen LogP contribution in [0.1, 0.15) is 25.0 Å². The first kappa shape index (κ1) is 19.0. The fourth-order valence-electron chi connectivity index (χ4n) is 2.80. The lowest BCUT2D eigenvalue weighted by Crippen LogP contribution is -2.32. The summed E-state index contributed by atoms with van der Waals surface area (Å²) in [4.78, 5) is 26.4. The van der Waals surface area contributed by atoms with Crippen molar-refractivity contribution in [1.29, 1.82) is 0 Å². The number of ether oxygens (including phenoxy) is 1. The maximum absolute atomic E-state index is 12.9. The second-order valence-corrected chi connectivity index (χ2v) is 7.27. The molecule has 27 heavy (non-hydrogen) atoms. The lowest BCUT2D eigenvalue weighted by atomic mass is 10.1. The number of nitrogens with zero attached hydrogens (tertiary/aromatic N) is 1. The molecule has 3 rings (SSSR count). The number of amides is 2. The highest BCUT2D eigenvalue weighted by atomic mass is 35.5. The number of halogens is 1. The minimum atomic E-state index is -0.763. The van der Waals surface area contributed by atoms with Crippen LogP contribution in [-0.4, -0.2) is 23.5 Å². The smallest absolute Gasteiger partial charge is 0.301 e. The van der Waals surface area contributed by atoms with Gasteiger partial charge < -0.3 is 9.84 Å². The van der Waals surface area contributed by atoms with Crippen LogP contribution in [0.3, 0.4) is 0 Å². The normalized spacial score (nSPS) is 14.5. The van der Waals surface area contributed by atoms with E-state index in [2.05, 4.69) is 0 Å². The Balaban J connectivity index is 1.91. The average Bonchev–Trinajstić information content (AvgIpc) is 2.85. The van der Waals surface area contributed by atoms with Crippen LogP contribution in [0.15, 0.2) is 48.2 Å². The van der Waals surface area contributed by atoms with Gasteiger partial charge in [-0.15, -0.1) is 0 Å². The number of hydrogen-bond donors (Lipinski definition) is 1. The Morgan fingerprint density at radius 3 is 2.37 bits per heavy atom. The average molecular weight is 386 g/mol. The van der Waals surface area contributed by atoms with E-state index >= 15 is 0 Å². The van der Waals surface area contributed by atoms with Crippen LogP contribution < -0.4 is 9.64 Å². The predicted molar refractivity (Wildman–Crippen MR) is 105 cm³/mol. The van der Waals surface area contributed by atoms with Crippen molar-refractivity contribution in [1.82, 2.24) is 0 Å². The van der Waals surface area contributed by atoms with Crippen molar-refractivity contribution < 1.29 is 19.4 Å². The SMILES string of the molecule is Cc1ccc(Cl)cc1N1C(=O)C(O)=C(c2ccc(OCC(C)C)cc2)C1=O. The van der Waals surface area contributed by atoms with Gasteiger partial charge in [0.05, 0.1) is 17.9 Å². The van der Waals surface area contributed by atoms with Crippen molar-refractivity contribution >= 4 is 34.7 Å². The summed E-state index contributed by atoms with van der Waals surface area (Å²) in [5.74, 6) is -0.874. The van der Waals surface area contributed by atoms with Crippen LogP contribution in [0.2, 0.25) is 5.02 Å². The Morgan fingerprint density at radius 2 is 1.74 bits per heavy atom. The Kier molecular flexibility index (Phi) is 5.24. The molecule has 0 spiro atoms. The van der Waals surface area contributed by atoms with Crippen molar-refractivity contribution in [2.24, 2.45) is 5.92 Å². The van der Waals surface area contributed by atoms with Crippen LogP contribution >= 0.6 is 11.6 Å². The van der Waals surface area contributed by atoms with Gasteiger partial charge in [-0.1, -0.05) is 43.6 Å². The molecule has 0 radical (unpaired) electrons. The van der Waals surface area contributed by atoms with E-state index in [0.717, 1.165) is 4.90 Å². The summed E-state index contributed by atoms with van der Waals surface area (Å²) in [6.45, 7) is 6.44. The molecule has 0 saturated heterocycles. The molecule has 1 heterocycles. The second-order valence-electron chi connectivity index (χ2n) is 6.83. The van der Waals surface area contributed by atoms with Gasteiger partial charge in [0.1, 0.15) is 5.75 Å². The molecule has 0 saturated carbocycles. The van der Waals surface area contributed by atoms with Gasteiger partial charge in [0.15, 0.2) is 5.76 Å². The van der Waals surface area contributed by atoms with Crippen LogP contribution in [-0.2, 0) is 9.59 Å². The second kappa shape index (κ2) is 7.45. The Bertz CT molecular complexity index is 932. The maximum atomic E-state index is 12.9. The number of imide groups is 1. The van der Waals surface area contributed by atoms with Gasteiger partial charge in [0.2, 0.25) is 0 Å². The number of hydrogen-bond acceptors (Lipinski definition) is 4. The third-order valence-corrected chi connectivity index (χ3v) is 4.43. The molecule has 1 N–H and O–H groups in total. The third kappa shape index (κ3) is 3.69. The molecular weight excluding hydrogens is 366 g/mol. The van der Waals surface area contributed by atoms with E-state index in [1.54, 1.807) is 43.3 Å². The Hall–Kier alpha value is -2.79. The monoisotopic (exact) mass is 385 g/mol. The number of carbonyl (C=O) groups is 2. The molecule has 1 aliphatic heterocycles. The molecule has 0 aliphatic carbocycles. The lowest BCUT2D eigenvalue weighted by Gasteiger charge is -2.17. The number of aliphatic hydroxyl groups excluding tert-OH is 1. The largest absolute Gasteiger partial charge is 0.502 e. The standard InChI is InChI=1S/C21H20ClNO4/c1-12(2)11-27-16-8-5-14(6-9-16)18-19(24)21(26)23(20(18)25)17-10-15(22)7-4-13(17)3/h4-10,12,24H,11H2,1-3H3. The summed E-state index contributed by atoms with van der Waals surface area (Å²) in [6, 6.07) is 11.7. The summed E-state index contributed by atoms with van der Waals surface area (Å²) in [5.41, 5.74) is 1.48. The first-order chi connectivity index (χ1) is 12.8. The minimum absolute atomic E-state index is 0.0326.